The molecule has 2 fully saturated rings. The Morgan fingerprint density at radius 3 is 2.65 bits per heavy atom. The molecule has 1 spiro atoms. The van der Waals surface area contributed by atoms with Crippen LogP contribution in [-0.4, -0.2) is 36.5 Å². The molecule has 3 aliphatic carbocycles. The zero-order valence-electron chi connectivity index (χ0n) is 21.5. The average molecular weight is 459 g/mol. The first kappa shape index (κ1) is 24.7. The van der Waals surface area contributed by atoms with Crippen LogP contribution in [0.4, 0.5) is 0 Å². The van der Waals surface area contributed by atoms with Crippen LogP contribution < -0.4 is 5.32 Å². The Kier molecular flexibility index (Phi) is 7.93. The van der Waals surface area contributed by atoms with Crippen LogP contribution in [0, 0.1) is 11.3 Å². The maximum atomic E-state index is 12.0. The lowest BCUT2D eigenvalue weighted by Gasteiger charge is -2.47. The molecule has 3 nitrogen and oxygen atoms in total. The number of carbonyl (C=O) groups excluding carboxylic acids is 1. The average Bonchev–Trinajstić information content (AvgIpc) is 3.41. The summed E-state index contributed by atoms with van der Waals surface area (Å²) in [6.07, 6.45) is 20.1. The minimum absolute atomic E-state index is 0.0260. The first-order valence-electron chi connectivity index (χ1n) is 13.5. The van der Waals surface area contributed by atoms with E-state index >= 15 is 0 Å². The molecule has 1 aromatic carbocycles. The molecular weight excluding hydrogens is 416 g/mol. The molecule has 3 heteroatoms. The fraction of sp³-hybridized carbons (Fsp3) is 0.516. The Hall–Kier alpha value is -2.39. The van der Waals surface area contributed by atoms with Gasteiger partial charge in [0.1, 0.15) is 0 Å². The van der Waals surface area contributed by atoms with Gasteiger partial charge in [0.15, 0.2) is 0 Å². The van der Waals surface area contributed by atoms with Crippen molar-refractivity contribution in [3.05, 3.63) is 83.0 Å². The smallest absolute Gasteiger partial charge is 0.251 e. The van der Waals surface area contributed by atoms with Gasteiger partial charge in [-0.05, 0) is 86.3 Å². The number of likely N-dealkylation sites (tertiary alicyclic amines) is 1. The summed E-state index contributed by atoms with van der Waals surface area (Å²) < 4.78 is 0. The zero-order valence-corrected chi connectivity index (χ0v) is 21.5. The van der Waals surface area contributed by atoms with Gasteiger partial charge < -0.3 is 10.2 Å². The van der Waals surface area contributed by atoms with Crippen molar-refractivity contribution in [1.29, 1.82) is 0 Å². The van der Waals surface area contributed by atoms with Gasteiger partial charge in [0, 0.05) is 30.1 Å². The van der Waals surface area contributed by atoms with E-state index in [0.717, 1.165) is 12.0 Å². The second kappa shape index (κ2) is 10.9. The number of amides is 1. The molecule has 4 aliphatic rings. The molecule has 1 saturated carbocycles. The van der Waals surface area contributed by atoms with Crippen molar-refractivity contribution in [2.75, 3.05) is 19.6 Å². The van der Waals surface area contributed by atoms with Crippen molar-refractivity contribution in [3.63, 3.8) is 0 Å². The maximum Gasteiger partial charge on any atom is 0.251 e. The van der Waals surface area contributed by atoms with Crippen LogP contribution in [0.15, 0.2) is 71.9 Å². The Bertz CT molecular complexity index is 983. The lowest BCUT2D eigenvalue weighted by atomic mass is 9.67. The van der Waals surface area contributed by atoms with E-state index in [2.05, 4.69) is 65.7 Å². The number of allylic oxidation sites excluding steroid dienone is 8. The first-order chi connectivity index (χ1) is 16.6. The van der Waals surface area contributed by atoms with Crippen LogP contribution in [0.2, 0.25) is 0 Å². The van der Waals surface area contributed by atoms with Crippen LogP contribution in [0.5, 0.6) is 0 Å². The van der Waals surface area contributed by atoms with E-state index in [0.29, 0.717) is 24.4 Å². The van der Waals surface area contributed by atoms with E-state index in [1.807, 2.05) is 32.9 Å². The summed E-state index contributed by atoms with van der Waals surface area (Å²) in [4.78, 5) is 14.8. The third kappa shape index (κ3) is 4.73. The van der Waals surface area contributed by atoms with Crippen LogP contribution in [0.1, 0.15) is 81.6 Å². The topological polar surface area (TPSA) is 32.3 Å². The lowest BCUT2D eigenvalue weighted by Crippen LogP contribution is -2.49. The summed E-state index contributed by atoms with van der Waals surface area (Å²) in [6.45, 7) is 11.5. The van der Waals surface area contributed by atoms with Crippen molar-refractivity contribution in [2.24, 2.45) is 11.3 Å². The molecule has 1 amide bonds. The molecule has 0 aromatic heterocycles. The number of carbonyl (C=O) groups is 1. The number of hydrogen-bond acceptors (Lipinski definition) is 2. The van der Waals surface area contributed by atoms with E-state index < -0.39 is 0 Å². The van der Waals surface area contributed by atoms with E-state index in [1.165, 1.54) is 49.9 Å². The normalized spacial score (nSPS) is 30.2. The maximum absolute atomic E-state index is 12.0. The SMILES string of the molecule is CC.CCNC(=O)c1ccc(C2CCC(N3CCC4(C=CC5=C4C=CC=CC5)[C@@H](C)C3)C2)cc1. The number of fused-ring (bicyclic) bond motifs is 1. The number of rotatable bonds is 4. The highest BCUT2D eigenvalue weighted by atomic mass is 16.1. The van der Waals surface area contributed by atoms with Gasteiger partial charge in [-0.1, -0.05) is 69.4 Å². The molecule has 3 unspecified atom stereocenters. The molecule has 182 valence electrons. The van der Waals surface area contributed by atoms with Crippen LogP contribution in [-0.2, 0) is 0 Å². The number of piperidine rings is 1. The molecule has 1 aliphatic heterocycles. The summed E-state index contributed by atoms with van der Waals surface area (Å²) in [6, 6.07) is 9.03. The highest BCUT2D eigenvalue weighted by Crippen LogP contribution is 2.51. The Labute approximate surface area is 206 Å². The predicted octanol–water partition coefficient (Wildman–Crippen LogP) is 6.81. The van der Waals surface area contributed by atoms with Crippen molar-refractivity contribution in [3.8, 4) is 0 Å². The minimum atomic E-state index is 0.0260. The van der Waals surface area contributed by atoms with Gasteiger partial charge in [0.2, 0.25) is 0 Å². The molecule has 1 saturated heterocycles. The van der Waals surface area contributed by atoms with Gasteiger partial charge in [0.05, 0.1) is 0 Å². The first-order valence-corrected chi connectivity index (χ1v) is 13.5. The van der Waals surface area contributed by atoms with Crippen molar-refractivity contribution >= 4 is 5.91 Å². The van der Waals surface area contributed by atoms with E-state index in [4.69, 9.17) is 0 Å². The van der Waals surface area contributed by atoms with E-state index in [1.54, 1.807) is 5.57 Å². The zero-order chi connectivity index (χ0) is 24.1. The molecule has 4 atom stereocenters. The second-order valence-corrected chi connectivity index (χ2v) is 10.1. The minimum Gasteiger partial charge on any atom is -0.352 e. The van der Waals surface area contributed by atoms with Crippen LogP contribution in [0.25, 0.3) is 0 Å². The van der Waals surface area contributed by atoms with Crippen molar-refractivity contribution < 1.29 is 4.79 Å². The summed E-state index contributed by atoms with van der Waals surface area (Å²) in [5.74, 6) is 1.28. The van der Waals surface area contributed by atoms with E-state index in [-0.39, 0.29) is 11.3 Å². The van der Waals surface area contributed by atoms with Gasteiger partial charge in [-0.2, -0.15) is 0 Å². The van der Waals surface area contributed by atoms with Crippen LogP contribution in [0.3, 0.4) is 0 Å². The third-order valence-electron chi connectivity index (χ3n) is 8.38. The summed E-state index contributed by atoms with van der Waals surface area (Å²) in [5, 5.41) is 2.89. The second-order valence-electron chi connectivity index (χ2n) is 10.1. The molecule has 0 radical (unpaired) electrons. The Morgan fingerprint density at radius 2 is 1.91 bits per heavy atom. The lowest BCUT2D eigenvalue weighted by molar-refractivity contribution is 0.0723. The standard InChI is InChI=1S/C29H36N2O.C2H6/c1-3-30-28(32)24-11-9-22(10-12-24)25-13-14-26(19-25)31-18-17-29(21(2)20-31)16-15-23-7-5-4-6-8-27(23)29;1-2/h4-6,8-12,15-16,21,25-26H,3,7,13-14,17-20H2,1-2H3,(H,30,32);1-2H3/t21-,25?,26?,29?;/m0./s1. The monoisotopic (exact) mass is 458 g/mol. The van der Waals surface area contributed by atoms with Crippen molar-refractivity contribution in [1.82, 2.24) is 10.2 Å². The van der Waals surface area contributed by atoms with Gasteiger partial charge >= 0.3 is 0 Å². The molecule has 1 heterocycles. The number of nitrogens with one attached hydrogen (secondary N) is 1. The van der Waals surface area contributed by atoms with E-state index in [9.17, 15) is 4.79 Å². The molecule has 5 rings (SSSR count). The van der Waals surface area contributed by atoms with Gasteiger partial charge in [0.25, 0.3) is 5.91 Å². The summed E-state index contributed by atoms with van der Waals surface area (Å²) in [7, 11) is 0. The predicted molar refractivity (Wildman–Crippen MR) is 143 cm³/mol. The molecule has 34 heavy (non-hydrogen) atoms. The molecule has 0 bridgehead atoms. The van der Waals surface area contributed by atoms with Crippen LogP contribution >= 0.6 is 0 Å². The fourth-order valence-corrected chi connectivity index (χ4v) is 6.52. The fourth-order valence-electron chi connectivity index (χ4n) is 6.52. The number of hydrogen-bond donors (Lipinski definition) is 1. The Morgan fingerprint density at radius 1 is 1.12 bits per heavy atom. The van der Waals surface area contributed by atoms with Crippen molar-refractivity contribution in [2.45, 2.75) is 71.8 Å². The highest BCUT2D eigenvalue weighted by Gasteiger charge is 2.45. The highest BCUT2D eigenvalue weighted by molar-refractivity contribution is 5.94. The molecule has 1 N–H and O–H groups in total. The number of benzene rings is 1. The molecular formula is C31H42N2O. The summed E-state index contributed by atoms with van der Waals surface area (Å²) in [5.41, 5.74) is 5.49. The van der Waals surface area contributed by atoms with Gasteiger partial charge in [-0.25, -0.2) is 0 Å². The Balaban J connectivity index is 0.00000133. The molecule has 1 aromatic rings. The number of nitrogens with zero attached hydrogens (tertiary/aromatic N) is 1. The van der Waals surface area contributed by atoms with Gasteiger partial charge in [-0.15, -0.1) is 0 Å². The van der Waals surface area contributed by atoms with Gasteiger partial charge in [-0.3, -0.25) is 4.79 Å². The third-order valence-corrected chi connectivity index (χ3v) is 8.38. The largest absolute Gasteiger partial charge is 0.352 e. The summed E-state index contributed by atoms with van der Waals surface area (Å²) >= 11 is 0. The quantitative estimate of drug-likeness (QED) is 0.537.